The normalized spacial score (nSPS) is 40.4. The van der Waals surface area contributed by atoms with Crippen molar-refractivity contribution < 1.29 is 4.21 Å². The highest BCUT2D eigenvalue weighted by Crippen LogP contribution is 2.22. The highest BCUT2D eigenvalue weighted by molar-refractivity contribution is 7.85. The van der Waals surface area contributed by atoms with Gasteiger partial charge >= 0.3 is 0 Å². The van der Waals surface area contributed by atoms with E-state index >= 15 is 0 Å². The van der Waals surface area contributed by atoms with Crippen LogP contribution in [0.1, 0.15) is 39.5 Å². The van der Waals surface area contributed by atoms with Crippen LogP contribution < -0.4 is 5.32 Å². The van der Waals surface area contributed by atoms with Crippen molar-refractivity contribution >= 4 is 10.8 Å². The molecule has 4 heteroatoms. The van der Waals surface area contributed by atoms with Crippen LogP contribution in [0.25, 0.3) is 0 Å². The van der Waals surface area contributed by atoms with Gasteiger partial charge in [-0.15, -0.1) is 0 Å². The smallest absolute Gasteiger partial charge is 0.0249 e. The average molecular weight is 258 g/mol. The third-order valence-electron chi connectivity index (χ3n) is 4.33. The van der Waals surface area contributed by atoms with Crippen molar-refractivity contribution in [3.8, 4) is 0 Å². The zero-order valence-corrected chi connectivity index (χ0v) is 12.0. The number of hydrogen-bond acceptors (Lipinski definition) is 3. The zero-order valence-electron chi connectivity index (χ0n) is 11.2. The Morgan fingerprint density at radius 1 is 1.24 bits per heavy atom. The molecule has 2 unspecified atom stereocenters. The Balaban J connectivity index is 1.97. The number of nitrogens with zero attached hydrogens (tertiary/aromatic N) is 1. The van der Waals surface area contributed by atoms with Crippen molar-refractivity contribution in [3.05, 3.63) is 0 Å². The van der Waals surface area contributed by atoms with Gasteiger partial charge in [-0.05, 0) is 25.7 Å². The van der Waals surface area contributed by atoms with Crippen molar-refractivity contribution in [1.29, 1.82) is 0 Å². The van der Waals surface area contributed by atoms with Crippen LogP contribution in [0, 0.1) is 0 Å². The van der Waals surface area contributed by atoms with E-state index in [4.69, 9.17) is 0 Å². The van der Waals surface area contributed by atoms with Crippen LogP contribution in [-0.2, 0) is 10.8 Å². The Labute approximate surface area is 108 Å². The Morgan fingerprint density at radius 2 is 1.94 bits per heavy atom. The minimum absolute atomic E-state index is 0.531. The summed E-state index contributed by atoms with van der Waals surface area (Å²) in [7, 11) is -0.531. The molecular formula is C13H26N2OS. The van der Waals surface area contributed by atoms with E-state index < -0.39 is 10.8 Å². The van der Waals surface area contributed by atoms with Gasteiger partial charge in [0.15, 0.2) is 0 Å². The molecule has 0 aromatic rings. The second kappa shape index (κ2) is 6.30. The van der Waals surface area contributed by atoms with Gasteiger partial charge in [-0.3, -0.25) is 9.11 Å². The molecule has 0 amide bonds. The Kier molecular flexibility index (Phi) is 5.00. The van der Waals surface area contributed by atoms with Crippen LogP contribution >= 0.6 is 0 Å². The first-order chi connectivity index (χ1) is 8.24. The molecule has 2 atom stereocenters. The first-order valence-corrected chi connectivity index (χ1v) is 8.57. The summed E-state index contributed by atoms with van der Waals surface area (Å²) in [6.07, 6.45) is 4.72. The van der Waals surface area contributed by atoms with Crippen molar-refractivity contribution in [2.45, 2.75) is 57.7 Å². The fourth-order valence-electron chi connectivity index (χ4n) is 3.10. The van der Waals surface area contributed by atoms with Crippen LogP contribution in [0.3, 0.4) is 0 Å². The molecule has 0 bridgehead atoms. The van der Waals surface area contributed by atoms with Gasteiger partial charge < -0.3 is 5.32 Å². The summed E-state index contributed by atoms with van der Waals surface area (Å²) in [6.45, 7) is 6.87. The third-order valence-corrected chi connectivity index (χ3v) is 5.72. The molecule has 100 valence electrons. The standard InChI is InChI=1S/C13H26N2OS/c1-3-11-10-15(12(4-2)9-14-11)13-5-7-17(16)8-6-13/h11-14H,3-10H2,1-2H3. The molecular weight excluding hydrogens is 232 g/mol. The summed E-state index contributed by atoms with van der Waals surface area (Å²) < 4.78 is 11.4. The molecule has 1 N–H and O–H groups in total. The molecule has 2 heterocycles. The predicted octanol–water partition coefficient (Wildman–Crippen LogP) is 1.36. The highest BCUT2D eigenvalue weighted by atomic mass is 32.2. The summed E-state index contributed by atoms with van der Waals surface area (Å²) in [5, 5.41) is 3.65. The average Bonchev–Trinajstić information content (AvgIpc) is 2.39. The van der Waals surface area contributed by atoms with E-state index in [1.807, 2.05) is 0 Å². The molecule has 2 fully saturated rings. The quantitative estimate of drug-likeness (QED) is 0.829. The first kappa shape index (κ1) is 13.5. The first-order valence-electron chi connectivity index (χ1n) is 7.08. The molecule has 17 heavy (non-hydrogen) atoms. The van der Waals surface area contributed by atoms with Crippen LogP contribution in [0.4, 0.5) is 0 Å². The Bertz CT molecular complexity index is 262. The van der Waals surface area contributed by atoms with E-state index in [2.05, 4.69) is 24.1 Å². The molecule has 0 saturated carbocycles. The molecule has 2 rings (SSSR count). The monoisotopic (exact) mass is 258 g/mol. The largest absolute Gasteiger partial charge is 0.311 e. The van der Waals surface area contributed by atoms with E-state index in [1.165, 1.54) is 19.4 Å². The summed E-state index contributed by atoms with van der Waals surface area (Å²) in [6, 6.07) is 2.04. The molecule has 3 nitrogen and oxygen atoms in total. The van der Waals surface area contributed by atoms with Crippen molar-refractivity contribution in [3.63, 3.8) is 0 Å². The Hall–Kier alpha value is 0.0700. The molecule has 0 spiro atoms. The van der Waals surface area contributed by atoms with Gasteiger partial charge in [-0.25, -0.2) is 0 Å². The molecule has 0 aromatic heterocycles. The predicted molar refractivity (Wildman–Crippen MR) is 73.8 cm³/mol. The summed E-state index contributed by atoms with van der Waals surface area (Å²) in [5.41, 5.74) is 0. The lowest BCUT2D eigenvalue weighted by atomic mass is 9.99. The van der Waals surface area contributed by atoms with Crippen molar-refractivity contribution in [1.82, 2.24) is 10.2 Å². The summed E-state index contributed by atoms with van der Waals surface area (Å²) in [5.74, 6) is 1.84. The third kappa shape index (κ3) is 3.30. The van der Waals surface area contributed by atoms with Gasteiger partial charge in [0.05, 0.1) is 0 Å². The minimum atomic E-state index is -0.531. The van der Waals surface area contributed by atoms with Gasteiger partial charge in [0.25, 0.3) is 0 Å². The van der Waals surface area contributed by atoms with Crippen LogP contribution in [0.2, 0.25) is 0 Å². The minimum Gasteiger partial charge on any atom is -0.311 e. The molecule has 2 saturated heterocycles. The molecule has 2 aliphatic heterocycles. The van der Waals surface area contributed by atoms with E-state index in [9.17, 15) is 4.21 Å². The van der Waals surface area contributed by atoms with E-state index in [1.54, 1.807) is 0 Å². The SMILES string of the molecule is CCC1CN(C2CCS(=O)CC2)C(CC)CN1. The number of nitrogens with one attached hydrogen (secondary N) is 1. The maximum absolute atomic E-state index is 11.4. The van der Waals surface area contributed by atoms with Crippen LogP contribution in [-0.4, -0.2) is 51.8 Å². The molecule has 0 radical (unpaired) electrons. The van der Waals surface area contributed by atoms with Crippen LogP contribution in [0.5, 0.6) is 0 Å². The summed E-state index contributed by atoms with van der Waals surface area (Å²) >= 11 is 0. The van der Waals surface area contributed by atoms with Gasteiger partial charge in [-0.2, -0.15) is 0 Å². The van der Waals surface area contributed by atoms with Gasteiger partial charge in [0, 0.05) is 53.5 Å². The number of rotatable bonds is 3. The number of hydrogen-bond donors (Lipinski definition) is 1. The lowest BCUT2D eigenvalue weighted by Gasteiger charge is -2.45. The van der Waals surface area contributed by atoms with E-state index in [0.29, 0.717) is 18.1 Å². The molecule has 2 aliphatic rings. The second-order valence-corrected chi connectivity index (χ2v) is 7.05. The molecule has 0 aromatic carbocycles. The van der Waals surface area contributed by atoms with Gasteiger partial charge in [-0.1, -0.05) is 13.8 Å². The zero-order chi connectivity index (χ0) is 12.3. The van der Waals surface area contributed by atoms with Crippen molar-refractivity contribution in [2.24, 2.45) is 0 Å². The fraction of sp³-hybridized carbons (Fsp3) is 1.00. The maximum Gasteiger partial charge on any atom is 0.0249 e. The van der Waals surface area contributed by atoms with E-state index in [0.717, 1.165) is 30.9 Å². The Morgan fingerprint density at radius 3 is 2.53 bits per heavy atom. The van der Waals surface area contributed by atoms with E-state index in [-0.39, 0.29) is 0 Å². The van der Waals surface area contributed by atoms with Crippen molar-refractivity contribution in [2.75, 3.05) is 24.6 Å². The summed E-state index contributed by atoms with van der Waals surface area (Å²) in [4.78, 5) is 2.71. The topological polar surface area (TPSA) is 32.3 Å². The fourth-order valence-corrected chi connectivity index (χ4v) is 4.37. The van der Waals surface area contributed by atoms with Gasteiger partial charge in [0.1, 0.15) is 0 Å². The van der Waals surface area contributed by atoms with Gasteiger partial charge in [0.2, 0.25) is 0 Å². The maximum atomic E-state index is 11.4. The molecule has 0 aliphatic carbocycles. The highest BCUT2D eigenvalue weighted by Gasteiger charge is 2.32. The number of piperazine rings is 1. The van der Waals surface area contributed by atoms with Crippen LogP contribution in [0.15, 0.2) is 0 Å². The lowest BCUT2D eigenvalue weighted by Crippen LogP contribution is -2.59. The lowest BCUT2D eigenvalue weighted by molar-refractivity contribution is 0.0727. The second-order valence-electron chi connectivity index (χ2n) is 5.35.